The van der Waals surface area contributed by atoms with Crippen molar-refractivity contribution in [1.29, 1.82) is 0 Å². The Morgan fingerprint density at radius 1 is 1.17 bits per heavy atom. The number of amides is 1. The van der Waals surface area contributed by atoms with Crippen LogP contribution in [0.2, 0.25) is 0 Å². The average Bonchev–Trinajstić information content (AvgIpc) is 2.56. The number of hydrogen-bond donors (Lipinski definition) is 1. The van der Waals surface area contributed by atoms with Gasteiger partial charge in [-0.25, -0.2) is 0 Å². The van der Waals surface area contributed by atoms with Gasteiger partial charge in [-0.2, -0.15) is 0 Å². The molecule has 1 atom stereocenters. The van der Waals surface area contributed by atoms with Gasteiger partial charge in [0, 0.05) is 12.4 Å². The molecule has 0 aliphatic heterocycles. The highest BCUT2D eigenvalue weighted by molar-refractivity contribution is 5.76. The minimum atomic E-state index is -0.00655. The maximum absolute atomic E-state index is 12.2. The van der Waals surface area contributed by atoms with Crippen LogP contribution >= 0.6 is 0 Å². The molecule has 0 aliphatic rings. The Kier molecular flexibility index (Phi) is 6.60. The fraction of sp³-hybridized carbons (Fsp3) is 0.368. The highest BCUT2D eigenvalue weighted by Crippen LogP contribution is 2.20. The quantitative estimate of drug-likeness (QED) is 0.807. The summed E-state index contributed by atoms with van der Waals surface area (Å²) in [5.41, 5.74) is 1.04. The van der Waals surface area contributed by atoms with Crippen molar-refractivity contribution in [1.82, 2.24) is 10.3 Å². The van der Waals surface area contributed by atoms with E-state index in [2.05, 4.69) is 24.1 Å². The van der Waals surface area contributed by atoms with Crippen molar-refractivity contribution in [3.63, 3.8) is 0 Å². The lowest BCUT2D eigenvalue weighted by Gasteiger charge is -2.21. The van der Waals surface area contributed by atoms with Crippen LogP contribution in [0.5, 0.6) is 5.75 Å². The van der Waals surface area contributed by atoms with E-state index in [0.717, 1.165) is 17.7 Å². The van der Waals surface area contributed by atoms with Crippen molar-refractivity contribution >= 4 is 5.91 Å². The number of rotatable bonds is 8. The molecule has 0 radical (unpaired) electrons. The minimum absolute atomic E-state index is 0.00423. The number of nitrogens with one attached hydrogen (secondary N) is 1. The summed E-state index contributed by atoms with van der Waals surface area (Å²) in [5, 5.41) is 3.09. The summed E-state index contributed by atoms with van der Waals surface area (Å²) in [5.74, 6) is 1.27. The number of carbonyl (C=O) groups excluding carboxylic acids is 1. The summed E-state index contributed by atoms with van der Waals surface area (Å²) in [7, 11) is 0. The lowest BCUT2D eigenvalue weighted by molar-refractivity contribution is -0.122. The van der Waals surface area contributed by atoms with Gasteiger partial charge in [-0.15, -0.1) is 0 Å². The van der Waals surface area contributed by atoms with Crippen molar-refractivity contribution in [2.75, 3.05) is 6.61 Å². The first-order valence-electron chi connectivity index (χ1n) is 8.02. The van der Waals surface area contributed by atoms with Gasteiger partial charge in [0.25, 0.3) is 0 Å². The van der Waals surface area contributed by atoms with Gasteiger partial charge in [0.2, 0.25) is 5.91 Å². The molecule has 0 saturated heterocycles. The number of aromatic nitrogens is 1. The van der Waals surface area contributed by atoms with Crippen molar-refractivity contribution < 1.29 is 9.53 Å². The second kappa shape index (κ2) is 8.93. The van der Waals surface area contributed by atoms with Crippen LogP contribution in [0.1, 0.15) is 38.3 Å². The highest BCUT2D eigenvalue weighted by atomic mass is 16.5. The molecule has 1 aromatic carbocycles. The van der Waals surface area contributed by atoms with Crippen LogP contribution in [0.4, 0.5) is 0 Å². The number of para-hydroxylation sites is 1. The Labute approximate surface area is 137 Å². The van der Waals surface area contributed by atoms with E-state index >= 15 is 0 Å². The molecule has 4 nitrogen and oxygen atoms in total. The molecule has 122 valence electrons. The van der Waals surface area contributed by atoms with Gasteiger partial charge in [0.05, 0.1) is 19.1 Å². The number of carbonyl (C=O) groups is 1. The van der Waals surface area contributed by atoms with Gasteiger partial charge in [-0.1, -0.05) is 38.1 Å². The third-order valence-corrected chi connectivity index (χ3v) is 3.47. The van der Waals surface area contributed by atoms with Crippen LogP contribution < -0.4 is 10.1 Å². The van der Waals surface area contributed by atoms with E-state index in [1.54, 1.807) is 6.20 Å². The number of benzene rings is 1. The molecule has 0 unspecified atom stereocenters. The predicted octanol–water partition coefficient (Wildman–Crippen LogP) is 3.75. The third kappa shape index (κ3) is 6.10. The van der Waals surface area contributed by atoms with Gasteiger partial charge in [0.1, 0.15) is 5.75 Å². The van der Waals surface area contributed by atoms with Gasteiger partial charge in [-0.05, 0) is 36.1 Å². The zero-order valence-corrected chi connectivity index (χ0v) is 13.7. The zero-order chi connectivity index (χ0) is 16.5. The SMILES string of the molecule is CC(C)C[C@H](NC(=O)CCOc1ccccc1)c1cccnc1. The Morgan fingerprint density at radius 3 is 2.61 bits per heavy atom. The van der Waals surface area contributed by atoms with Crippen LogP contribution in [0.15, 0.2) is 54.9 Å². The summed E-state index contributed by atoms with van der Waals surface area (Å²) in [6.45, 7) is 4.67. The molecule has 2 rings (SSSR count). The lowest BCUT2D eigenvalue weighted by atomic mass is 9.98. The monoisotopic (exact) mass is 312 g/mol. The second-order valence-corrected chi connectivity index (χ2v) is 5.95. The van der Waals surface area contributed by atoms with Crippen molar-refractivity contribution in [2.24, 2.45) is 5.92 Å². The van der Waals surface area contributed by atoms with Gasteiger partial charge >= 0.3 is 0 Å². The van der Waals surface area contributed by atoms with E-state index in [1.807, 2.05) is 48.7 Å². The molecule has 0 spiro atoms. The van der Waals surface area contributed by atoms with Crippen molar-refractivity contribution in [3.05, 3.63) is 60.4 Å². The zero-order valence-electron chi connectivity index (χ0n) is 13.7. The Hall–Kier alpha value is -2.36. The average molecular weight is 312 g/mol. The van der Waals surface area contributed by atoms with E-state index in [-0.39, 0.29) is 11.9 Å². The first-order chi connectivity index (χ1) is 11.1. The van der Waals surface area contributed by atoms with Crippen molar-refractivity contribution in [2.45, 2.75) is 32.7 Å². The normalized spacial score (nSPS) is 12.0. The number of ether oxygens (including phenoxy) is 1. The Bertz CT molecular complexity index is 585. The first-order valence-corrected chi connectivity index (χ1v) is 8.02. The van der Waals surface area contributed by atoms with Crippen molar-refractivity contribution in [3.8, 4) is 5.75 Å². The van der Waals surface area contributed by atoms with E-state index < -0.39 is 0 Å². The largest absolute Gasteiger partial charge is 0.493 e. The van der Waals surface area contributed by atoms with Gasteiger partial charge < -0.3 is 10.1 Å². The fourth-order valence-electron chi connectivity index (χ4n) is 2.38. The first kappa shape index (κ1) is 17.0. The van der Waals surface area contributed by atoms with Gasteiger partial charge in [0.15, 0.2) is 0 Å². The molecular formula is C19H24N2O2. The fourth-order valence-corrected chi connectivity index (χ4v) is 2.38. The molecule has 1 heterocycles. The van der Waals surface area contributed by atoms with Gasteiger partial charge in [-0.3, -0.25) is 9.78 Å². The van der Waals surface area contributed by atoms with Crippen LogP contribution in [0.25, 0.3) is 0 Å². The van der Waals surface area contributed by atoms with E-state index in [4.69, 9.17) is 4.74 Å². The third-order valence-electron chi connectivity index (χ3n) is 3.47. The summed E-state index contributed by atoms with van der Waals surface area (Å²) < 4.78 is 5.57. The molecule has 0 saturated carbocycles. The molecule has 2 aromatic rings. The number of hydrogen-bond acceptors (Lipinski definition) is 3. The Morgan fingerprint density at radius 2 is 1.96 bits per heavy atom. The number of pyridine rings is 1. The summed E-state index contributed by atoms with van der Waals surface area (Å²) in [6.07, 6.45) is 4.78. The van der Waals surface area contributed by atoms with Crippen LogP contribution in [0.3, 0.4) is 0 Å². The second-order valence-electron chi connectivity index (χ2n) is 5.95. The molecule has 4 heteroatoms. The molecular weight excluding hydrogens is 288 g/mol. The van der Waals surface area contributed by atoms with E-state index in [0.29, 0.717) is 18.9 Å². The number of nitrogens with zero attached hydrogens (tertiary/aromatic N) is 1. The molecule has 0 fully saturated rings. The molecule has 0 aliphatic carbocycles. The lowest BCUT2D eigenvalue weighted by Crippen LogP contribution is -2.30. The van der Waals surface area contributed by atoms with Crippen LogP contribution in [0, 0.1) is 5.92 Å². The smallest absolute Gasteiger partial charge is 0.223 e. The summed E-state index contributed by atoms with van der Waals surface area (Å²) >= 11 is 0. The van der Waals surface area contributed by atoms with Crippen LogP contribution in [-0.4, -0.2) is 17.5 Å². The molecule has 0 bridgehead atoms. The Balaban J connectivity index is 1.85. The standard InChI is InChI=1S/C19H24N2O2/c1-15(2)13-18(16-7-6-11-20-14-16)21-19(22)10-12-23-17-8-4-3-5-9-17/h3-9,11,14-15,18H,10,12-13H2,1-2H3,(H,21,22)/t18-/m0/s1. The maximum Gasteiger partial charge on any atom is 0.223 e. The highest BCUT2D eigenvalue weighted by Gasteiger charge is 2.16. The predicted molar refractivity (Wildman–Crippen MR) is 91.1 cm³/mol. The van der Waals surface area contributed by atoms with E-state index in [1.165, 1.54) is 0 Å². The summed E-state index contributed by atoms with van der Waals surface area (Å²) in [4.78, 5) is 16.3. The van der Waals surface area contributed by atoms with E-state index in [9.17, 15) is 4.79 Å². The molecule has 1 N–H and O–H groups in total. The summed E-state index contributed by atoms with van der Waals surface area (Å²) in [6, 6.07) is 13.4. The maximum atomic E-state index is 12.2. The minimum Gasteiger partial charge on any atom is -0.493 e. The topological polar surface area (TPSA) is 51.2 Å². The molecule has 1 aromatic heterocycles. The molecule has 1 amide bonds. The van der Waals surface area contributed by atoms with Crippen LogP contribution in [-0.2, 0) is 4.79 Å². The molecule has 23 heavy (non-hydrogen) atoms.